The van der Waals surface area contributed by atoms with E-state index >= 15 is 0 Å². The second-order valence-electron chi connectivity index (χ2n) is 5.15. The molecule has 1 N–H and O–H groups in total. The lowest BCUT2D eigenvalue weighted by Crippen LogP contribution is -2.45. The number of aryl methyl sites for hydroxylation is 1. The molecule has 2 rings (SSSR count). The van der Waals surface area contributed by atoms with Crippen LogP contribution in [0.15, 0.2) is 24.3 Å². The highest BCUT2D eigenvalue weighted by atomic mass is 16.4. The Morgan fingerprint density at radius 3 is 2.53 bits per heavy atom. The Morgan fingerprint density at radius 2 is 2.00 bits per heavy atom. The number of carbonyl (C=O) groups excluding carboxylic acids is 1. The fraction of sp³-hybridized carbons (Fsp3) is 0.467. The number of hydrogen-bond acceptors (Lipinski definition) is 2. The fourth-order valence-electron chi connectivity index (χ4n) is 2.27. The van der Waals surface area contributed by atoms with Crippen molar-refractivity contribution in [1.29, 1.82) is 0 Å². The molecule has 0 bridgehead atoms. The minimum atomic E-state index is -0.940. The van der Waals surface area contributed by atoms with Crippen molar-refractivity contribution in [2.75, 3.05) is 0 Å². The molecule has 0 spiro atoms. The Balaban J connectivity index is 2.12. The van der Waals surface area contributed by atoms with Gasteiger partial charge < -0.3 is 10.0 Å². The van der Waals surface area contributed by atoms with Crippen LogP contribution in [0.4, 0.5) is 0 Å². The van der Waals surface area contributed by atoms with Gasteiger partial charge in [0, 0.05) is 6.04 Å². The maximum absolute atomic E-state index is 12.4. The minimum absolute atomic E-state index is 0.0910. The molecular weight excluding hydrogens is 242 g/mol. The maximum Gasteiger partial charge on any atom is 0.326 e. The lowest BCUT2D eigenvalue weighted by atomic mass is 10.0. The van der Waals surface area contributed by atoms with Crippen LogP contribution in [0.3, 0.4) is 0 Å². The van der Waals surface area contributed by atoms with E-state index in [-0.39, 0.29) is 18.4 Å². The summed E-state index contributed by atoms with van der Waals surface area (Å²) in [6.45, 7) is 3.54. The first kappa shape index (κ1) is 13.6. The van der Waals surface area contributed by atoms with Crippen molar-refractivity contribution in [2.24, 2.45) is 0 Å². The first-order valence-corrected chi connectivity index (χ1v) is 6.59. The molecule has 4 heteroatoms. The zero-order chi connectivity index (χ0) is 14.0. The van der Waals surface area contributed by atoms with Crippen molar-refractivity contribution >= 4 is 11.9 Å². The third kappa shape index (κ3) is 3.13. The summed E-state index contributed by atoms with van der Waals surface area (Å²) in [4.78, 5) is 25.0. The normalized spacial score (nSPS) is 15.9. The molecule has 0 heterocycles. The van der Waals surface area contributed by atoms with Crippen LogP contribution in [0.25, 0.3) is 0 Å². The first-order valence-electron chi connectivity index (χ1n) is 6.59. The maximum atomic E-state index is 12.4. The van der Waals surface area contributed by atoms with E-state index in [4.69, 9.17) is 5.11 Å². The molecule has 1 aliphatic rings. The van der Waals surface area contributed by atoms with E-state index in [0.29, 0.717) is 0 Å². The summed E-state index contributed by atoms with van der Waals surface area (Å²) in [5, 5.41) is 9.10. The second kappa shape index (κ2) is 5.43. The van der Waals surface area contributed by atoms with E-state index in [9.17, 15) is 9.59 Å². The summed E-state index contributed by atoms with van der Waals surface area (Å²) in [5.41, 5.74) is 2.03. The average molecular weight is 261 g/mol. The zero-order valence-electron chi connectivity index (χ0n) is 11.3. The van der Waals surface area contributed by atoms with Gasteiger partial charge in [-0.05, 0) is 37.8 Å². The summed E-state index contributed by atoms with van der Waals surface area (Å²) < 4.78 is 0. The Hall–Kier alpha value is -1.84. The number of aliphatic carboxylic acids is 1. The molecule has 1 aliphatic carbocycles. The Kier molecular flexibility index (Phi) is 3.88. The number of hydrogen-bond donors (Lipinski definition) is 1. The smallest absolute Gasteiger partial charge is 0.326 e. The summed E-state index contributed by atoms with van der Waals surface area (Å²) in [7, 11) is 0. The highest BCUT2D eigenvalue weighted by molar-refractivity contribution is 5.85. The highest BCUT2D eigenvalue weighted by Gasteiger charge is 2.38. The van der Waals surface area contributed by atoms with Crippen molar-refractivity contribution in [3.8, 4) is 0 Å². The summed E-state index contributed by atoms with van der Waals surface area (Å²) in [6.07, 6.45) is 2.11. The molecule has 19 heavy (non-hydrogen) atoms. The first-order chi connectivity index (χ1) is 9.00. The van der Waals surface area contributed by atoms with Crippen LogP contribution >= 0.6 is 0 Å². The molecular formula is C15H19NO3. The summed E-state index contributed by atoms with van der Waals surface area (Å²) >= 11 is 0. The predicted octanol–water partition coefficient (Wildman–Crippen LogP) is 2.00. The number of benzene rings is 1. The zero-order valence-corrected chi connectivity index (χ0v) is 11.3. The second-order valence-corrected chi connectivity index (χ2v) is 5.15. The van der Waals surface area contributed by atoms with Crippen LogP contribution in [0, 0.1) is 6.92 Å². The SMILES string of the molecule is Cc1ccccc1CC(=O)N(C1CC1)C(C)C(=O)O. The summed E-state index contributed by atoms with van der Waals surface area (Å²) in [6, 6.07) is 7.08. The number of carboxylic acid groups (broad SMARTS) is 1. The number of rotatable bonds is 5. The molecule has 1 unspecified atom stereocenters. The Morgan fingerprint density at radius 1 is 1.37 bits per heavy atom. The minimum Gasteiger partial charge on any atom is -0.480 e. The van der Waals surface area contributed by atoms with E-state index in [2.05, 4.69) is 0 Å². The van der Waals surface area contributed by atoms with Gasteiger partial charge in [-0.3, -0.25) is 4.79 Å². The van der Waals surface area contributed by atoms with Gasteiger partial charge >= 0.3 is 5.97 Å². The van der Waals surface area contributed by atoms with Gasteiger partial charge in [0.15, 0.2) is 0 Å². The quantitative estimate of drug-likeness (QED) is 0.882. The van der Waals surface area contributed by atoms with Crippen LogP contribution in [0.2, 0.25) is 0 Å². The third-order valence-corrected chi connectivity index (χ3v) is 3.61. The van der Waals surface area contributed by atoms with E-state index in [1.165, 1.54) is 4.90 Å². The van der Waals surface area contributed by atoms with Gasteiger partial charge in [-0.1, -0.05) is 24.3 Å². The molecule has 1 fully saturated rings. The highest BCUT2D eigenvalue weighted by Crippen LogP contribution is 2.29. The lowest BCUT2D eigenvalue weighted by Gasteiger charge is -2.26. The van der Waals surface area contributed by atoms with E-state index in [1.54, 1.807) is 6.92 Å². The van der Waals surface area contributed by atoms with Gasteiger partial charge in [-0.2, -0.15) is 0 Å². The van der Waals surface area contributed by atoms with Gasteiger partial charge in [0.1, 0.15) is 6.04 Å². The molecule has 0 aliphatic heterocycles. The van der Waals surface area contributed by atoms with E-state index < -0.39 is 12.0 Å². The number of amides is 1. The molecule has 1 saturated carbocycles. The van der Waals surface area contributed by atoms with E-state index in [0.717, 1.165) is 24.0 Å². The van der Waals surface area contributed by atoms with Crippen LogP contribution in [-0.2, 0) is 16.0 Å². The van der Waals surface area contributed by atoms with Crippen molar-refractivity contribution in [1.82, 2.24) is 4.90 Å². The monoisotopic (exact) mass is 261 g/mol. The van der Waals surface area contributed by atoms with Crippen LogP contribution in [-0.4, -0.2) is 34.0 Å². The van der Waals surface area contributed by atoms with Gasteiger partial charge in [0.25, 0.3) is 0 Å². The molecule has 0 saturated heterocycles. The molecule has 102 valence electrons. The number of nitrogens with zero attached hydrogens (tertiary/aromatic N) is 1. The molecule has 1 amide bonds. The van der Waals surface area contributed by atoms with Crippen LogP contribution in [0.1, 0.15) is 30.9 Å². The number of carbonyl (C=O) groups is 2. The largest absolute Gasteiger partial charge is 0.480 e. The van der Waals surface area contributed by atoms with Crippen molar-refractivity contribution in [2.45, 2.75) is 45.2 Å². The molecule has 0 aromatic heterocycles. The number of carboxylic acids is 1. The lowest BCUT2D eigenvalue weighted by molar-refractivity contribution is -0.149. The van der Waals surface area contributed by atoms with Crippen molar-refractivity contribution in [3.05, 3.63) is 35.4 Å². The van der Waals surface area contributed by atoms with Gasteiger partial charge in [0.05, 0.1) is 6.42 Å². The van der Waals surface area contributed by atoms with Crippen molar-refractivity contribution < 1.29 is 14.7 Å². The predicted molar refractivity (Wildman–Crippen MR) is 71.8 cm³/mol. The molecule has 1 atom stereocenters. The Bertz CT molecular complexity index is 494. The standard InChI is InChI=1S/C15H19NO3/c1-10-5-3-4-6-12(10)9-14(17)16(13-7-8-13)11(2)15(18)19/h3-6,11,13H,7-9H2,1-2H3,(H,18,19). The fourth-order valence-corrected chi connectivity index (χ4v) is 2.27. The molecule has 0 radical (unpaired) electrons. The molecule has 4 nitrogen and oxygen atoms in total. The third-order valence-electron chi connectivity index (χ3n) is 3.61. The molecule has 1 aromatic rings. The average Bonchev–Trinajstić information content (AvgIpc) is 3.16. The van der Waals surface area contributed by atoms with Gasteiger partial charge in [-0.25, -0.2) is 4.79 Å². The van der Waals surface area contributed by atoms with Crippen molar-refractivity contribution in [3.63, 3.8) is 0 Å². The topological polar surface area (TPSA) is 57.6 Å². The van der Waals surface area contributed by atoms with Gasteiger partial charge in [0.2, 0.25) is 5.91 Å². The van der Waals surface area contributed by atoms with E-state index in [1.807, 2.05) is 31.2 Å². The Labute approximate surface area is 113 Å². The van der Waals surface area contributed by atoms with Crippen LogP contribution in [0.5, 0.6) is 0 Å². The van der Waals surface area contributed by atoms with Crippen LogP contribution < -0.4 is 0 Å². The molecule has 1 aromatic carbocycles. The summed E-state index contributed by atoms with van der Waals surface area (Å²) in [5.74, 6) is -1.03. The van der Waals surface area contributed by atoms with Gasteiger partial charge in [-0.15, -0.1) is 0 Å².